The molecule has 2 amide bonds. The van der Waals surface area contributed by atoms with E-state index >= 15 is 0 Å². The Hall–Kier alpha value is -2.12. The van der Waals surface area contributed by atoms with Crippen molar-refractivity contribution >= 4 is 11.8 Å². The Morgan fingerprint density at radius 2 is 2.10 bits per heavy atom. The van der Waals surface area contributed by atoms with Crippen LogP contribution in [0.5, 0.6) is 5.75 Å². The van der Waals surface area contributed by atoms with Crippen LogP contribution < -0.4 is 10.1 Å². The van der Waals surface area contributed by atoms with E-state index in [1.165, 1.54) is 0 Å². The minimum Gasteiger partial charge on any atom is -0.484 e. The van der Waals surface area contributed by atoms with Crippen molar-refractivity contribution in [3.05, 3.63) is 29.3 Å². The molecule has 3 aliphatic heterocycles. The minimum atomic E-state index is -0.448. The van der Waals surface area contributed by atoms with Gasteiger partial charge in [-0.05, 0) is 38.9 Å². The summed E-state index contributed by atoms with van der Waals surface area (Å²) in [5, 5.41) is 3.03. The third-order valence-electron chi connectivity index (χ3n) is 6.22. The highest BCUT2D eigenvalue weighted by molar-refractivity contribution is 5.99. The van der Waals surface area contributed by atoms with Gasteiger partial charge in [-0.1, -0.05) is 11.6 Å². The number of carbonyl (C=O) groups is 2. The molecule has 4 rings (SSSR count). The normalized spacial score (nSPS) is 24.6. The molecular weight excluding hydrogens is 370 g/mol. The van der Waals surface area contributed by atoms with Crippen LogP contribution in [-0.2, 0) is 9.53 Å². The van der Waals surface area contributed by atoms with Gasteiger partial charge in [-0.15, -0.1) is 0 Å². The zero-order valence-corrected chi connectivity index (χ0v) is 17.4. The number of ether oxygens (including phenoxy) is 2. The molecule has 7 nitrogen and oxygen atoms in total. The van der Waals surface area contributed by atoms with Gasteiger partial charge in [0, 0.05) is 32.5 Å². The highest BCUT2D eigenvalue weighted by Crippen LogP contribution is 2.35. The summed E-state index contributed by atoms with van der Waals surface area (Å²) in [6, 6.07) is 5.76. The average Bonchev–Trinajstić information content (AvgIpc) is 2.81. The monoisotopic (exact) mass is 401 g/mol. The van der Waals surface area contributed by atoms with E-state index in [-0.39, 0.29) is 24.4 Å². The molecule has 0 aliphatic carbocycles. The van der Waals surface area contributed by atoms with Crippen LogP contribution in [0.1, 0.15) is 41.6 Å². The number of benzene rings is 1. The van der Waals surface area contributed by atoms with Crippen molar-refractivity contribution in [2.24, 2.45) is 0 Å². The van der Waals surface area contributed by atoms with E-state index in [4.69, 9.17) is 9.47 Å². The number of likely N-dealkylation sites (tertiary alicyclic amines) is 1. The fraction of sp³-hybridized carbons (Fsp3) is 0.636. The first kappa shape index (κ1) is 20.2. The highest BCUT2D eigenvalue weighted by Gasteiger charge is 2.43. The molecule has 1 aromatic rings. The lowest BCUT2D eigenvalue weighted by Crippen LogP contribution is -2.55. The second-order valence-corrected chi connectivity index (χ2v) is 8.73. The minimum absolute atomic E-state index is 0.0291. The third-order valence-corrected chi connectivity index (χ3v) is 6.22. The van der Waals surface area contributed by atoms with Crippen LogP contribution in [-0.4, -0.2) is 79.7 Å². The summed E-state index contributed by atoms with van der Waals surface area (Å²) >= 11 is 0. The van der Waals surface area contributed by atoms with Crippen molar-refractivity contribution in [1.82, 2.24) is 15.1 Å². The Morgan fingerprint density at radius 1 is 1.31 bits per heavy atom. The maximum Gasteiger partial charge on any atom is 0.258 e. The molecule has 0 aromatic heterocycles. The Balaban J connectivity index is 1.56. The standard InChI is InChI=1S/C22H31N3O4/c1-16-5-6-19-18(12-16)21(27)25(13-20(26)23-17-4-3-11-28-14-17)15-22(29-19)7-9-24(2)10-8-22/h5-6,12,17H,3-4,7-11,13-15H2,1-2H3,(H,23,26). The fourth-order valence-electron chi connectivity index (χ4n) is 4.47. The molecule has 3 aliphatic rings. The molecule has 0 bridgehead atoms. The number of nitrogens with one attached hydrogen (secondary N) is 1. The van der Waals surface area contributed by atoms with Gasteiger partial charge >= 0.3 is 0 Å². The molecule has 1 unspecified atom stereocenters. The summed E-state index contributed by atoms with van der Waals surface area (Å²) in [4.78, 5) is 30.0. The van der Waals surface area contributed by atoms with Gasteiger partial charge in [-0.2, -0.15) is 0 Å². The van der Waals surface area contributed by atoms with Crippen LogP contribution in [0.4, 0.5) is 0 Å². The van der Waals surface area contributed by atoms with E-state index in [2.05, 4.69) is 17.3 Å². The van der Waals surface area contributed by atoms with Crippen molar-refractivity contribution in [2.75, 3.05) is 46.4 Å². The van der Waals surface area contributed by atoms with Crippen molar-refractivity contribution in [3.8, 4) is 5.75 Å². The molecule has 1 N–H and O–H groups in total. The molecule has 2 fully saturated rings. The third kappa shape index (κ3) is 4.56. The Morgan fingerprint density at radius 3 is 2.83 bits per heavy atom. The molecule has 2 saturated heterocycles. The lowest BCUT2D eigenvalue weighted by atomic mass is 9.90. The zero-order chi connectivity index (χ0) is 20.4. The molecule has 29 heavy (non-hydrogen) atoms. The number of hydrogen-bond donors (Lipinski definition) is 1. The first-order chi connectivity index (χ1) is 13.9. The Labute approximate surface area is 172 Å². The van der Waals surface area contributed by atoms with Crippen LogP contribution in [0.25, 0.3) is 0 Å². The van der Waals surface area contributed by atoms with Crippen molar-refractivity contribution < 1.29 is 19.1 Å². The summed E-state index contributed by atoms with van der Waals surface area (Å²) in [5.41, 5.74) is 1.11. The van der Waals surface area contributed by atoms with Crippen LogP contribution in [0.2, 0.25) is 0 Å². The van der Waals surface area contributed by atoms with Gasteiger partial charge in [0.25, 0.3) is 5.91 Å². The zero-order valence-electron chi connectivity index (χ0n) is 17.4. The second-order valence-electron chi connectivity index (χ2n) is 8.73. The maximum atomic E-state index is 13.3. The summed E-state index contributed by atoms with van der Waals surface area (Å²) in [6.45, 7) is 5.56. The number of hydrogen-bond acceptors (Lipinski definition) is 5. The van der Waals surface area contributed by atoms with E-state index in [0.29, 0.717) is 24.5 Å². The molecule has 1 aromatic carbocycles. The van der Waals surface area contributed by atoms with Gasteiger partial charge in [0.1, 0.15) is 17.9 Å². The van der Waals surface area contributed by atoms with Gasteiger partial charge in [0.2, 0.25) is 5.91 Å². The summed E-state index contributed by atoms with van der Waals surface area (Å²) in [5.74, 6) is 0.372. The molecule has 158 valence electrons. The van der Waals surface area contributed by atoms with E-state index in [1.807, 2.05) is 25.1 Å². The Kier molecular flexibility index (Phi) is 5.79. The number of rotatable bonds is 3. The van der Waals surface area contributed by atoms with Crippen molar-refractivity contribution in [1.29, 1.82) is 0 Å². The van der Waals surface area contributed by atoms with Crippen LogP contribution in [0.15, 0.2) is 18.2 Å². The van der Waals surface area contributed by atoms with E-state index in [0.717, 1.165) is 50.9 Å². The first-order valence-electron chi connectivity index (χ1n) is 10.6. The lowest BCUT2D eigenvalue weighted by Gasteiger charge is -2.41. The average molecular weight is 402 g/mol. The van der Waals surface area contributed by atoms with Crippen molar-refractivity contribution in [3.63, 3.8) is 0 Å². The summed E-state index contributed by atoms with van der Waals surface area (Å²) in [6.07, 6.45) is 3.53. The molecule has 1 atom stereocenters. The smallest absolute Gasteiger partial charge is 0.258 e. The van der Waals surface area contributed by atoms with Gasteiger partial charge in [-0.3, -0.25) is 9.59 Å². The van der Waals surface area contributed by atoms with E-state index in [1.54, 1.807) is 4.90 Å². The topological polar surface area (TPSA) is 71.1 Å². The van der Waals surface area contributed by atoms with Crippen LogP contribution >= 0.6 is 0 Å². The quantitative estimate of drug-likeness (QED) is 0.833. The van der Waals surface area contributed by atoms with Crippen LogP contribution in [0.3, 0.4) is 0 Å². The molecule has 0 saturated carbocycles. The Bertz CT molecular complexity index is 767. The molecule has 3 heterocycles. The molecule has 0 radical (unpaired) electrons. The van der Waals surface area contributed by atoms with Crippen LogP contribution in [0, 0.1) is 6.92 Å². The predicted octanol–water partition coefficient (Wildman–Crippen LogP) is 1.59. The largest absolute Gasteiger partial charge is 0.484 e. The number of carbonyl (C=O) groups excluding carboxylic acids is 2. The van der Waals surface area contributed by atoms with Crippen molar-refractivity contribution in [2.45, 2.75) is 44.2 Å². The fourth-order valence-corrected chi connectivity index (χ4v) is 4.47. The van der Waals surface area contributed by atoms with E-state index < -0.39 is 5.60 Å². The highest BCUT2D eigenvalue weighted by atomic mass is 16.5. The number of amides is 2. The number of nitrogens with zero attached hydrogens (tertiary/aromatic N) is 2. The second kappa shape index (κ2) is 8.32. The summed E-state index contributed by atoms with van der Waals surface area (Å²) < 4.78 is 11.9. The summed E-state index contributed by atoms with van der Waals surface area (Å²) in [7, 11) is 2.10. The number of piperidine rings is 1. The predicted molar refractivity (Wildman–Crippen MR) is 109 cm³/mol. The lowest BCUT2D eigenvalue weighted by molar-refractivity contribution is -0.124. The van der Waals surface area contributed by atoms with Gasteiger partial charge in [0.15, 0.2) is 0 Å². The van der Waals surface area contributed by atoms with Gasteiger partial charge in [0.05, 0.1) is 24.8 Å². The molecule has 1 spiro atoms. The number of fused-ring (bicyclic) bond motifs is 1. The molecule has 7 heteroatoms. The van der Waals surface area contributed by atoms with Gasteiger partial charge in [-0.25, -0.2) is 0 Å². The van der Waals surface area contributed by atoms with Gasteiger partial charge < -0.3 is 24.6 Å². The first-order valence-corrected chi connectivity index (χ1v) is 10.6. The maximum absolute atomic E-state index is 13.3. The number of aryl methyl sites for hydroxylation is 1. The SMILES string of the molecule is Cc1ccc2c(c1)C(=O)N(CC(=O)NC1CCCOC1)CC1(CCN(C)CC1)O2. The van der Waals surface area contributed by atoms with E-state index in [9.17, 15) is 9.59 Å². The molecular formula is C22H31N3O4.